The molecule has 0 bridgehead atoms. The highest BCUT2D eigenvalue weighted by atomic mass is 32.2. The van der Waals surface area contributed by atoms with Crippen LogP contribution >= 0.6 is 11.8 Å². The first-order valence-corrected chi connectivity index (χ1v) is 4.60. The molecule has 1 saturated heterocycles. The fourth-order valence-corrected chi connectivity index (χ4v) is 2.15. The van der Waals surface area contributed by atoms with Crippen molar-refractivity contribution in [2.75, 3.05) is 19.3 Å². The van der Waals surface area contributed by atoms with Crippen LogP contribution in [0.15, 0.2) is 4.99 Å². The standard InChI is InChI=1S/C7H14N2S/c1-6(2)9-4-5-10-7(9)8-3/h6H,4-5H2,1-3H3/b8-7-. The molecule has 0 amide bonds. The summed E-state index contributed by atoms with van der Waals surface area (Å²) in [4.78, 5) is 6.53. The molecule has 0 spiro atoms. The van der Waals surface area contributed by atoms with Crippen molar-refractivity contribution in [1.82, 2.24) is 4.90 Å². The predicted molar refractivity (Wildman–Crippen MR) is 47.7 cm³/mol. The van der Waals surface area contributed by atoms with Crippen LogP contribution in [-0.2, 0) is 0 Å². The van der Waals surface area contributed by atoms with Crippen molar-refractivity contribution in [3.8, 4) is 0 Å². The zero-order chi connectivity index (χ0) is 7.56. The van der Waals surface area contributed by atoms with Gasteiger partial charge in [0, 0.05) is 25.4 Å². The molecule has 0 radical (unpaired) electrons. The Bertz CT molecular complexity index is 143. The summed E-state index contributed by atoms with van der Waals surface area (Å²) < 4.78 is 0. The molecule has 0 aromatic rings. The maximum Gasteiger partial charge on any atom is 0.159 e. The minimum absolute atomic E-state index is 0.605. The lowest BCUT2D eigenvalue weighted by atomic mass is 10.3. The van der Waals surface area contributed by atoms with E-state index in [1.807, 2.05) is 18.8 Å². The first-order valence-electron chi connectivity index (χ1n) is 3.62. The van der Waals surface area contributed by atoms with Crippen LogP contribution in [0.4, 0.5) is 0 Å². The molecule has 0 N–H and O–H groups in total. The van der Waals surface area contributed by atoms with E-state index >= 15 is 0 Å². The van der Waals surface area contributed by atoms with Crippen LogP contribution in [-0.4, -0.2) is 35.5 Å². The number of hydrogen-bond donors (Lipinski definition) is 0. The van der Waals surface area contributed by atoms with Crippen molar-refractivity contribution >= 4 is 16.9 Å². The molecule has 0 unspecified atom stereocenters. The summed E-state index contributed by atoms with van der Waals surface area (Å²) in [5.41, 5.74) is 0. The summed E-state index contributed by atoms with van der Waals surface area (Å²) in [6.07, 6.45) is 0. The molecule has 0 aliphatic carbocycles. The van der Waals surface area contributed by atoms with Crippen molar-refractivity contribution in [1.29, 1.82) is 0 Å². The second-order valence-electron chi connectivity index (χ2n) is 2.64. The third-order valence-electron chi connectivity index (χ3n) is 1.62. The summed E-state index contributed by atoms with van der Waals surface area (Å²) in [6, 6.07) is 0.605. The van der Waals surface area contributed by atoms with Crippen LogP contribution in [0.2, 0.25) is 0 Å². The lowest BCUT2D eigenvalue weighted by Crippen LogP contribution is -2.31. The molecule has 1 rings (SSSR count). The van der Waals surface area contributed by atoms with E-state index < -0.39 is 0 Å². The fraction of sp³-hybridized carbons (Fsp3) is 0.857. The van der Waals surface area contributed by atoms with E-state index in [-0.39, 0.29) is 0 Å². The number of hydrogen-bond acceptors (Lipinski definition) is 2. The van der Waals surface area contributed by atoms with Gasteiger partial charge in [-0.15, -0.1) is 0 Å². The molecule has 10 heavy (non-hydrogen) atoms. The molecule has 0 saturated carbocycles. The minimum atomic E-state index is 0.605. The Morgan fingerprint density at radius 3 is 2.70 bits per heavy atom. The Labute approximate surface area is 66.7 Å². The quantitative estimate of drug-likeness (QED) is 0.573. The van der Waals surface area contributed by atoms with Gasteiger partial charge in [0.1, 0.15) is 0 Å². The number of amidine groups is 1. The lowest BCUT2D eigenvalue weighted by Gasteiger charge is -2.21. The molecular weight excluding hydrogens is 144 g/mol. The SMILES string of the molecule is C/N=C1\SCCN1C(C)C. The second kappa shape index (κ2) is 3.28. The Balaban J connectivity index is 2.59. The van der Waals surface area contributed by atoms with Gasteiger partial charge in [-0.3, -0.25) is 4.99 Å². The van der Waals surface area contributed by atoms with Crippen LogP contribution < -0.4 is 0 Å². The van der Waals surface area contributed by atoms with Crippen LogP contribution in [0.3, 0.4) is 0 Å². The monoisotopic (exact) mass is 158 g/mol. The second-order valence-corrected chi connectivity index (χ2v) is 3.70. The van der Waals surface area contributed by atoms with Crippen LogP contribution in [0.5, 0.6) is 0 Å². The summed E-state index contributed by atoms with van der Waals surface area (Å²) in [6.45, 7) is 5.57. The van der Waals surface area contributed by atoms with Gasteiger partial charge in [-0.2, -0.15) is 0 Å². The summed E-state index contributed by atoms with van der Waals surface area (Å²) >= 11 is 1.85. The first kappa shape index (κ1) is 7.92. The van der Waals surface area contributed by atoms with Crippen LogP contribution in [0.1, 0.15) is 13.8 Å². The van der Waals surface area contributed by atoms with Gasteiger partial charge in [0.2, 0.25) is 0 Å². The summed E-state index contributed by atoms with van der Waals surface area (Å²) in [5.74, 6) is 1.20. The van der Waals surface area contributed by atoms with Crippen LogP contribution in [0.25, 0.3) is 0 Å². The molecule has 1 heterocycles. The predicted octanol–water partition coefficient (Wildman–Crippen LogP) is 1.43. The van der Waals surface area contributed by atoms with Gasteiger partial charge in [-0.05, 0) is 13.8 Å². The first-order chi connectivity index (χ1) is 4.75. The van der Waals surface area contributed by atoms with Crippen molar-refractivity contribution in [3.05, 3.63) is 0 Å². The molecular formula is C7H14N2S. The smallest absolute Gasteiger partial charge is 0.159 e. The van der Waals surface area contributed by atoms with E-state index in [0.29, 0.717) is 6.04 Å². The van der Waals surface area contributed by atoms with E-state index in [4.69, 9.17) is 0 Å². The third kappa shape index (κ3) is 1.45. The van der Waals surface area contributed by atoms with Gasteiger partial charge in [0.05, 0.1) is 0 Å². The van der Waals surface area contributed by atoms with E-state index in [1.165, 1.54) is 10.9 Å². The number of rotatable bonds is 1. The third-order valence-corrected chi connectivity index (χ3v) is 2.69. The average molecular weight is 158 g/mol. The lowest BCUT2D eigenvalue weighted by molar-refractivity contribution is 0.384. The van der Waals surface area contributed by atoms with Gasteiger partial charge >= 0.3 is 0 Å². The van der Waals surface area contributed by atoms with Crippen molar-refractivity contribution < 1.29 is 0 Å². The topological polar surface area (TPSA) is 15.6 Å². The van der Waals surface area contributed by atoms with E-state index in [0.717, 1.165) is 6.54 Å². The summed E-state index contributed by atoms with van der Waals surface area (Å²) in [7, 11) is 1.86. The van der Waals surface area contributed by atoms with Gasteiger partial charge in [-0.1, -0.05) is 11.8 Å². The molecule has 1 fully saturated rings. The molecule has 0 atom stereocenters. The molecule has 58 valence electrons. The average Bonchev–Trinajstić information content (AvgIpc) is 2.33. The fourth-order valence-electron chi connectivity index (χ4n) is 1.09. The molecule has 3 heteroatoms. The van der Waals surface area contributed by atoms with Gasteiger partial charge < -0.3 is 4.90 Å². The maximum absolute atomic E-state index is 4.20. The highest BCUT2D eigenvalue weighted by Gasteiger charge is 2.20. The Hall–Kier alpha value is -0.180. The zero-order valence-corrected chi connectivity index (χ0v) is 7.61. The van der Waals surface area contributed by atoms with Gasteiger partial charge in [0.25, 0.3) is 0 Å². The maximum atomic E-state index is 4.20. The Morgan fingerprint density at radius 2 is 2.30 bits per heavy atom. The highest BCUT2D eigenvalue weighted by Crippen LogP contribution is 2.19. The number of aliphatic imine (C=N–C) groups is 1. The van der Waals surface area contributed by atoms with Crippen molar-refractivity contribution in [2.45, 2.75) is 19.9 Å². The molecule has 1 aliphatic rings. The normalized spacial score (nSPS) is 23.2. The van der Waals surface area contributed by atoms with Crippen molar-refractivity contribution in [3.63, 3.8) is 0 Å². The summed E-state index contributed by atoms with van der Waals surface area (Å²) in [5, 5.41) is 1.20. The molecule has 1 aliphatic heterocycles. The van der Waals surface area contributed by atoms with E-state index in [9.17, 15) is 0 Å². The van der Waals surface area contributed by atoms with E-state index in [2.05, 4.69) is 23.7 Å². The van der Waals surface area contributed by atoms with E-state index in [1.54, 1.807) is 0 Å². The Morgan fingerprint density at radius 1 is 1.60 bits per heavy atom. The largest absolute Gasteiger partial charge is 0.348 e. The Kier molecular flexibility index (Phi) is 2.60. The molecule has 0 aromatic heterocycles. The highest BCUT2D eigenvalue weighted by molar-refractivity contribution is 8.14. The number of thioether (sulfide) groups is 1. The molecule has 2 nitrogen and oxygen atoms in total. The minimum Gasteiger partial charge on any atom is -0.348 e. The van der Waals surface area contributed by atoms with Crippen LogP contribution in [0, 0.1) is 0 Å². The van der Waals surface area contributed by atoms with Gasteiger partial charge in [0.15, 0.2) is 5.17 Å². The number of nitrogens with zero attached hydrogens (tertiary/aromatic N) is 2. The molecule has 0 aromatic carbocycles. The van der Waals surface area contributed by atoms with Crippen molar-refractivity contribution in [2.24, 2.45) is 4.99 Å². The zero-order valence-electron chi connectivity index (χ0n) is 6.79. The van der Waals surface area contributed by atoms with Gasteiger partial charge in [-0.25, -0.2) is 0 Å².